The molecule has 0 aromatic heterocycles. The van der Waals surface area contributed by atoms with Gasteiger partial charge in [-0.25, -0.2) is 4.21 Å². The van der Waals surface area contributed by atoms with Crippen LogP contribution in [0, 0.1) is 13.8 Å². The number of rotatable bonds is 2. The lowest BCUT2D eigenvalue weighted by molar-refractivity contribution is 0.424. The second-order valence-electron chi connectivity index (χ2n) is 6.69. The lowest BCUT2D eigenvalue weighted by atomic mass is 9.91. The van der Waals surface area contributed by atoms with Crippen LogP contribution in [0.25, 0.3) is 11.1 Å². The summed E-state index contributed by atoms with van der Waals surface area (Å²) in [5.41, 5.74) is 4.82. The maximum absolute atomic E-state index is 12.7. The van der Waals surface area contributed by atoms with Gasteiger partial charge in [0.05, 0.1) is 5.57 Å². The highest BCUT2D eigenvalue weighted by Crippen LogP contribution is 2.48. The van der Waals surface area contributed by atoms with E-state index in [0.29, 0.717) is 33.9 Å². The number of phenolic OH excluding ortho intramolecular Hbond substituents is 1. The molecule has 0 saturated heterocycles. The molecule has 0 spiro atoms. The summed E-state index contributed by atoms with van der Waals surface area (Å²) < 4.78 is 12.8. The Morgan fingerprint density at radius 1 is 1.00 bits per heavy atom. The number of dihydropyridines is 1. The largest absolute Gasteiger partial charge is 0.507 e. The van der Waals surface area contributed by atoms with Crippen molar-refractivity contribution in [2.24, 2.45) is 0 Å². The number of nitrogens with one attached hydrogen (secondary N) is 1. The molecule has 0 radical (unpaired) electrons. The van der Waals surface area contributed by atoms with Gasteiger partial charge in [0.2, 0.25) is 0 Å². The molecule has 1 atom stereocenters. The number of aryl methyl sites for hydroxylation is 2. The Kier molecular flexibility index (Phi) is 4.36. The van der Waals surface area contributed by atoms with Crippen LogP contribution in [0.4, 0.5) is 0 Å². The first-order valence-corrected chi connectivity index (χ1v) is 10.0. The van der Waals surface area contributed by atoms with Crippen molar-refractivity contribution in [1.82, 2.24) is 5.32 Å². The van der Waals surface area contributed by atoms with Gasteiger partial charge in [0.15, 0.2) is 0 Å². The number of benzene rings is 2. The van der Waals surface area contributed by atoms with Gasteiger partial charge in [-0.1, -0.05) is 53.6 Å². The first-order valence-electron chi connectivity index (χ1n) is 8.48. The number of halogens is 1. The summed E-state index contributed by atoms with van der Waals surface area (Å²) in [5.74, 6) is 0.0655. The summed E-state index contributed by atoms with van der Waals surface area (Å²) in [6.07, 6.45) is 0. The van der Waals surface area contributed by atoms with E-state index in [1.165, 1.54) is 0 Å². The van der Waals surface area contributed by atoms with E-state index in [1.54, 1.807) is 12.1 Å². The SMILES string of the molecule is Cc1ccc(C2=C(O)C3=C(NC2)S(=O)C(Cl)=C3c2ccc(C)cc2O)cc1. The molecule has 138 valence electrons. The van der Waals surface area contributed by atoms with E-state index in [4.69, 9.17) is 11.6 Å². The topological polar surface area (TPSA) is 69.6 Å². The van der Waals surface area contributed by atoms with Crippen molar-refractivity contribution >= 4 is 33.5 Å². The fourth-order valence-corrected chi connectivity index (χ4v) is 4.95. The zero-order valence-electron chi connectivity index (χ0n) is 14.8. The van der Waals surface area contributed by atoms with E-state index in [2.05, 4.69) is 5.32 Å². The minimum Gasteiger partial charge on any atom is -0.507 e. The molecule has 2 aliphatic heterocycles. The van der Waals surface area contributed by atoms with Gasteiger partial charge in [-0.3, -0.25) is 0 Å². The Labute approximate surface area is 165 Å². The summed E-state index contributed by atoms with van der Waals surface area (Å²) in [6, 6.07) is 13.0. The number of phenols is 1. The van der Waals surface area contributed by atoms with Crippen LogP contribution >= 0.6 is 11.6 Å². The minimum atomic E-state index is -1.62. The van der Waals surface area contributed by atoms with Crippen molar-refractivity contribution < 1.29 is 14.4 Å². The quantitative estimate of drug-likeness (QED) is 0.697. The van der Waals surface area contributed by atoms with Gasteiger partial charge < -0.3 is 15.5 Å². The number of hydrogen-bond acceptors (Lipinski definition) is 4. The molecule has 0 aliphatic carbocycles. The fraction of sp³-hybridized carbons (Fsp3) is 0.143. The number of hydrogen-bond donors (Lipinski definition) is 3. The molecule has 0 bridgehead atoms. The molecule has 2 aromatic rings. The summed E-state index contributed by atoms with van der Waals surface area (Å²) >= 11 is 6.38. The number of aromatic hydroxyl groups is 1. The van der Waals surface area contributed by atoms with Crippen molar-refractivity contribution in [3.63, 3.8) is 0 Å². The zero-order valence-corrected chi connectivity index (χ0v) is 16.4. The third-order valence-corrected chi connectivity index (χ3v) is 6.65. The second kappa shape index (κ2) is 6.59. The van der Waals surface area contributed by atoms with Crippen LogP contribution < -0.4 is 5.32 Å². The lowest BCUT2D eigenvalue weighted by Gasteiger charge is -2.22. The maximum atomic E-state index is 12.7. The summed E-state index contributed by atoms with van der Waals surface area (Å²) in [4.78, 5) is 0. The van der Waals surface area contributed by atoms with Crippen molar-refractivity contribution in [2.75, 3.05) is 6.54 Å². The Morgan fingerprint density at radius 3 is 2.33 bits per heavy atom. The average Bonchev–Trinajstić information content (AvgIpc) is 2.89. The van der Waals surface area contributed by atoms with Gasteiger partial charge >= 0.3 is 0 Å². The van der Waals surface area contributed by atoms with Gasteiger partial charge in [-0.05, 0) is 31.0 Å². The highest BCUT2D eigenvalue weighted by Gasteiger charge is 2.38. The highest BCUT2D eigenvalue weighted by atomic mass is 35.5. The Morgan fingerprint density at radius 2 is 1.67 bits per heavy atom. The maximum Gasteiger partial charge on any atom is 0.131 e. The van der Waals surface area contributed by atoms with E-state index < -0.39 is 10.8 Å². The summed E-state index contributed by atoms with van der Waals surface area (Å²) in [5, 5.41) is 25.0. The predicted octanol–water partition coefficient (Wildman–Crippen LogP) is 4.46. The van der Waals surface area contributed by atoms with Gasteiger partial charge in [0.1, 0.15) is 31.7 Å². The molecular weight excluding hydrogens is 382 g/mol. The van der Waals surface area contributed by atoms with Gasteiger partial charge in [0, 0.05) is 23.3 Å². The number of allylic oxidation sites excluding steroid dienone is 1. The first kappa shape index (κ1) is 17.9. The number of aliphatic hydroxyl groups is 1. The molecule has 2 aromatic carbocycles. The van der Waals surface area contributed by atoms with Crippen molar-refractivity contribution in [1.29, 1.82) is 0 Å². The molecule has 2 heterocycles. The molecular formula is C21H18ClNO3S. The summed E-state index contributed by atoms with van der Waals surface area (Å²) in [6.45, 7) is 4.21. The first-order chi connectivity index (χ1) is 12.9. The Balaban J connectivity index is 1.90. The monoisotopic (exact) mass is 399 g/mol. The predicted molar refractivity (Wildman–Crippen MR) is 110 cm³/mol. The number of aliphatic hydroxyl groups excluding tert-OH is 1. The van der Waals surface area contributed by atoms with Crippen LogP contribution in [0.1, 0.15) is 22.3 Å². The van der Waals surface area contributed by atoms with E-state index >= 15 is 0 Å². The van der Waals surface area contributed by atoms with Crippen LogP contribution in [-0.4, -0.2) is 21.0 Å². The van der Waals surface area contributed by atoms with Gasteiger partial charge in [0.25, 0.3) is 0 Å². The molecule has 1 unspecified atom stereocenters. The molecule has 0 amide bonds. The molecule has 0 fully saturated rings. The van der Waals surface area contributed by atoms with Crippen LogP contribution in [0.15, 0.2) is 63.2 Å². The normalized spacial score (nSPS) is 19.4. The molecule has 2 aliphatic rings. The van der Waals surface area contributed by atoms with Crippen molar-refractivity contribution in [3.8, 4) is 5.75 Å². The smallest absolute Gasteiger partial charge is 0.131 e. The van der Waals surface area contributed by atoms with E-state index in [1.807, 2.05) is 44.2 Å². The highest BCUT2D eigenvalue weighted by molar-refractivity contribution is 7.95. The molecule has 4 nitrogen and oxygen atoms in total. The van der Waals surface area contributed by atoms with Crippen LogP contribution in [0.2, 0.25) is 0 Å². The standard InChI is InChI=1S/C21H18ClNO3S/c1-11-3-6-13(7-4-11)15-10-23-21-18(19(15)25)17(20(22)27(21)26)14-8-5-12(2)9-16(14)24/h3-9,23-25H,10H2,1-2H3. The Bertz CT molecular complexity index is 1080. The second-order valence-corrected chi connectivity index (χ2v) is 8.64. The molecule has 0 saturated carbocycles. The minimum absolute atomic E-state index is 0.0316. The van der Waals surface area contributed by atoms with Crippen molar-refractivity contribution in [3.05, 3.63) is 85.4 Å². The molecule has 3 N–H and O–H groups in total. The average molecular weight is 400 g/mol. The lowest BCUT2D eigenvalue weighted by Crippen LogP contribution is -2.24. The van der Waals surface area contributed by atoms with E-state index in [0.717, 1.165) is 16.7 Å². The van der Waals surface area contributed by atoms with E-state index in [-0.39, 0.29) is 15.9 Å². The van der Waals surface area contributed by atoms with E-state index in [9.17, 15) is 14.4 Å². The molecule has 4 rings (SSSR count). The molecule has 6 heteroatoms. The van der Waals surface area contributed by atoms with Crippen LogP contribution in [0.5, 0.6) is 5.75 Å². The third-order valence-electron chi connectivity index (χ3n) is 4.79. The van der Waals surface area contributed by atoms with Crippen LogP contribution in [0.3, 0.4) is 0 Å². The molecule has 27 heavy (non-hydrogen) atoms. The van der Waals surface area contributed by atoms with Gasteiger partial charge in [-0.2, -0.15) is 0 Å². The van der Waals surface area contributed by atoms with Gasteiger partial charge in [-0.15, -0.1) is 0 Å². The summed E-state index contributed by atoms with van der Waals surface area (Å²) in [7, 11) is -1.62. The van der Waals surface area contributed by atoms with Crippen molar-refractivity contribution in [2.45, 2.75) is 13.8 Å². The third kappa shape index (κ3) is 2.87. The fourth-order valence-electron chi connectivity index (χ4n) is 3.36. The Hall–Kier alpha value is -2.50. The van der Waals surface area contributed by atoms with Crippen LogP contribution in [-0.2, 0) is 10.8 Å². The zero-order chi connectivity index (χ0) is 19.3.